The van der Waals surface area contributed by atoms with Crippen LogP contribution in [0.4, 0.5) is 4.79 Å². The Bertz CT molecular complexity index is 702. The number of carbonyl (C=O) groups is 2. The van der Waals surface area contributed by atoms with E-state index in [1.807, 2.05) is 6.92 Å². The predicted octanol–water partition coefficient (Wildman–Crippen LogP) is 3.17. The quantitative estimate of drug-likeness (QED) is 0.570. The summed E-state index contributed by atoms with van der Waals surface area (Å²) in [5, 5.41) is 7.56. The number of nitrogens with zero attached hydrogens (tertiary/aromatic N) is 2. The Balaban J connectivity index is 2.11. The molecule has 26 heavy (non-hydrogen) atoms. The van der Waals surface area contributed by atoms with Crippen LogP contribution in [0.15, 0.2) is 23.3 Å². The third kappa shape index (κ3) is 4.33. The zero-order valence-corrected chi connectivity index (χ0v) is 16.0. The average Bonchev–Trinajstić information content (AvgIpc) is 2.83. The van der Waals surface area contributed by atoms with Crippen molar-refractivity contribution >= 4 is 18.2 Å². The number of imide groups is 1. The first-order valence-electron chi connectivity index (χ1n) is 8.82. The van der Waals surface area contributed by atoms with E-state index in [2.05, 4.69) is 24.3 Å². The van der Waals surface area contributed by atoms with Crippen LogP contribution in [0.3, 0.4) is 0 Å². The van der Waals surface area contributed by atoms with Gasteiger partial charge in [0.2, 0.25) is 0 Å². The number of hydrazone groups is 1. The molecular formula is C19H27N3O4. The fourth-order valence-electron chi connectivity index (χ4n) is 2.43. The van der Waals surface area contributed by atoms with Crippen molar-refractivity contribution in [2.45, 2.75) is 46.1 Å². The molecule has 1 N–H and O–H groups in total. The number of urea groups is 1. The summed E-state index contributed by atoms with van der Waals surface area (Å²) in [6.45, 7) is 8.42. The minimum Gasteiger partial charge on any atom is -0.493 e. The van der Waals surface area contributed by atoms with Crippen molar-refractivity contribution in [2.75, 3.05) is 13.7 Å². The van der Waals surface area contributed by atoms with Crippen molar-refractivity contribution in [2.24, 2.45) is 11.0 Å². The zero-order chi connectivity index (χ0) is 19.3. The lowest BCUT2D eigenvalue weighted by Crippen LogP contribution is -2.42. The lowest BCUT2D eigenvalue weighted by molar-refractivity contribution is -0.130. The molecule has 0 bridgehead atoms. The van der Waals surface area contributed by atoms with E-state index in [1.54, 1.807) is 32.2 Å². The number of ether oxygens (including phenoxy) is 2. The Hall–Kier alpha value is -2.57. The Kier molecular flexibility index (Phi) is 6.23. The average molecular weight is 361 g/mol. The van der Waals surface area contributed by atoms with Gasteiger partial charge >= 0.3 is 6.03 Å². The predicted molar refractivity (Wildman–Crippen MR) is 99.6 cm³/mol. The lowest BCUT2D eigenvalue weighted by Gasteiger charge is -2.17. The smallest absolute Gasteiger partial charge is 0.346 e. The summed E-state index contributed by atoms with van der Waals surface area (Å²) in [5.41, 5.74) is -0.205. The second kappa shape index (κ2) is 8.21. The van der Waals surface area contributed by atoms with Crippen LogP contribution in [0.1, 0.15) is 46.1 Å². The number of hydrogen-bond acceptors (Lipinski definition) is 5. The van der Waals surface area contributed by atoms with Gasteiger partial charge in [-0.25, -0.2) is 4.79 Å². The van der Waals surface area contributed by atoms with E-state index >= 15 is 0 Å². The van der Waals surface area contributed by atoms with Gasteiger partial charge in [0.1, 0.15) is 5.54 Å². The van der Waals surface area contributed by atoms with Gasteiger partial charge in [0.15, 0.2) is 11.5 Å². The van der Waals surface area contributed by atoms with Crippen LogP contribution in [0.5, 0.6) is 11.5 Å². The molecule has 1 aliphatic rings. The van der Waals surface area contributed by atoms with E-state index in [1.165, 1.54) is 6.21 Å². The maximum absolute atomic E-state index is 12.3. The minimum atomic E-state index is -0.903. The van der Waals surface area contributed by atoms with Crippen LogP contribution >= 0.6 is 0 Å². The number of benzene rings is 1. The standard InChI is InChI=1S/C19H27N3O4/c1-6-19(4)17(23)22(18(24)21-19)20-12-14-7-8-15(16(11-14)25-5)26-10-9-13(2)3/h7-8,11-13H,6,9-10H2,1-5H3,(H,21,24)/b20-12-/t19-/m0/s1. The molecule has 1 aromatic rings. The summed E-state index contributed by atoms with van der Waals surface area (Å²) in [6.07, 6.45) is 2.91. The van der Waals surface area contributed by atoms with E-state index in [9.17, 15) is 9.59 Å². The SMILES string of the molecule is CC[C@]1(C)NC(=O)N(/N=C\c2ccc(OCCC(C)C)c(OC)c2)C1=O. The van der Waals surface area contributed by atoms with Gasteiger partial charge in [-0.3, -0.25) is 4.79 Å². The molecule has 1 aliphatic heterocycles. The third-order valence-electron chi connectivity index (χ3n) is 4.41. The molecule has 0 radical (unpaired) electrons. The number of nitrogens with one attached hydrogen (secondary N) is 1. The van der Waals surface area contributed by atoms with Crippen molar-refractivity contribution < 1.29 is 19.1 Å². The zero-order valence-electron chi connectivity index (χ0n) is 16.0. The first-order chi connectivity index (χ1) is 12.3. The van der Waals surface area contributed by atoms with Crippen molar-refractivity contribution in [3.8, 4) is 11.5 Å². The van der Waals surface area contributed by atoms with E-state index in [-0.39, 0.29) is 5.91 Å². The molecule has 0 saturated carbocycles. The Labute approximate surface area is 154 Å². The molecule has 1 atom stereocenters. The van der Waals surface area contributed by atoms with Gasteiger partial charge in [-0.1, -0.05) is 20.8 Å². The molecule has 0 spiro atoms. The van der Waals surface area contributed by atoms with Crippen LogP contribution in [-0.2, 0) is 4.79 Å². The van der Waals surface area contributed by atoms with Gasteiger partial charge in [0.05, 0.1) is 19.9 Å². The lowest BCUT2D eigenvalue weighted by atomic mass is 10.00. The van der Waals surface area contributed by atoms with Crippen LogP contribution in [0, 0.1) is 5.92 Å². The van der Waals surface area contributed by atoms with Crippen molar-refractivity contribution in [1.82, 2.24) is 10.3 Å². The maximum atomic E-state index is 12.3. The summed E-state index contributed by atoms with van der Waals surface area (Å²) in [4.78, 5) is 24.3. The van der Waals surface area contributed by atoms with Crippen LogP contribution in [-0.4, -0.2) is 42.4 Å². The summed E-state index contributed by atoms with van der Waals surface area (Å²) >= 11 is 0. The number of hydrogen-bond donors (Lipinski definition) is 1. The van der Waals surface area contributed by atoms with Crippen LogP contribution in [0.25, 0.3) is 0 Å². The Morgan fingerprint density at radius 1 is 1.31 bits per heavy atom. The molecule has 3 amide bonds. The van der Waals surface area contributed by atoms with Gasteiger partial charge in [0, 0.05) is 0 Å². The molecule has 7 nitrogen and oxygen atoms in total. The fraction of sp³-hybridized carbons (Fsp3) is 0.526. The Morgan fingerprint density at radius 2 is 2.04 bits per heavy atom. The summed E-state index contributed by atoms with van der Waals surface area (Å²) in [7, 11) is 1.57. The van der Waals surface area contributed by atoms with Crippen molar-refractivity contribution in [3.63, 3.8) is 0 Å². The van der Waals surface area contributed by atoms with Gasteiger partial charge in [-0.15, -0.1) is 5.01 Å². The van der Waals surface area contributed by atoms with E-state index in [4.69, 9.17) is 9.47 Å². The molecule has 1 aromatic carbocycles. The van der Waals surface area contributed by atoms with E-state index in [0.717, 1.165) is 11.4 Å². The molecule has 0 aromatic heterocycles. The highest BCUT2D eigenvalue weighted by Gasteiger charge is 2.46. The maximum Gasteiger partial charge on any atom is 0.346 e. The summed E-state index contributed by atoms with van der Waals surface area (Å²) < 4.78 is 11.1. The minimum absolute atomic E-state index is 0.359. The second-order valence-corrected chi connectivity index (χ2v) is 6.92. The third-order valence-corrected chi connectivity index (χ3v) is 4.41. The van der Waals surface area contributed by atoms with Gasteiger partial charge in [-0.2, -0.15) is 5.10 Å². The fourth-order valence-corrected chi connectivity index (χ4v) is 2.43. The number of amides is 3. The van der Waals surface area contributed by atoms with E-state index in [0.29, 0.717) is 36.0 Å². The van der Waals surface area contributed by atoms with Gasteiger partial charge in [0.25, 0.3) is 5.91 Å². The molecule has 7 heteroatoms. The molecule has 1 saturated heterocycles. The topological polar surface area (TPSA) is 80.2 Å². The first kappa shape index (κ1) is 19.8. The molecule has 0 aliphatic carbocycles. The summed E-state index contributed by atoms with van der Waals surface area (Å²) in [6, 6.07) is 4.83. The monoisotopic (exact) mass is 361 g/mol. The van der Waals surface area contributed by atoms with Crippen LogP contribution < -0.4 is 14.8 Å². The normalized spacial score (nSPS) is 20.2. The second-order valence-electron chi connectivity index (χ2n) is 6.92. The van der Waals surface area contributed by atoms with Crippen LogP contribution in [0.2, 0.25) is 0 Å². The molecule has 2 rings (SSSR count). The highest BCUT2D eigenvalue weighted by molar-refractivity contribution is 6.07. The molecule has 142 valence electrons. The number of carbonyl (C=O) groups excluding carboxylic acids is 2. The highest BCUT2D eigenvalue weighted by atomic mass is 16.5. The van der Waals surface area contributed by atoms with Gasteiger partial charge in [-0.05, 0) is 49.4 Å². The molecular weight excluding hydrogens is 334 g/mol. The van der Waals surface area contributed by atoms with E-state index < -0.39 is 11.6 Å². The van der Waals surface area contributed by atoms with Gasteiger partial charge < -0.3 is 14.8 Å². The molecule has 1 heterocycles. The molecule has 0 unspecified atom stereocenters. The number of rotatable bonds is 8. The van der Waals surface area contributed by atoms with Crippen molar-refractivity contribution in [3.05, 3.63) is 23.8 Å². The highest BCUT2D eigenvalue weighted by Crippen LogP contribution is 2.28. The summed E-state index contributed by atoms with van der Waals surface area (Å²) in [5.74, 6) is 1.43. The first-order valence-corrected chi connectivity index (χ1v) is 8.82. The number of methoxy groups -OCH3 is 1. The van der Waals surface area contributed by atoms with Crippen molar-refractivity contribution in [1.29, 1.82) is 0 Å². The largest absolute Gasteiger partial charge is 0.493 e. The molecule has 1 fully saturated rings. The Morgan fingerprint density at radius 3 is 2.62 bits per heavy atom.